The molecule has 1 aromatic heterocycles. The Morgan fingerprint density at radius 1 is 0.792 bits per heavy atom. The van der Waals surface area contributed by atoms with Crippen molar-refractivity contribution in [2.24, 2.45) is 0 Å². The molecule has 2 aromatic carbocycles. The number of carboxylic acid groups (broad SMARTS) is 1. The fourth-order valence-electron chi connectivity index (χ4n) is 5.28. The number of hydrogen-bond donors (Lipinski definition) is 1. The maximum atomic E-state index is 13.7. The smallest absolute Gasteiger partial charge is 0.372 e. The number of carbonyl (C=O) groups excluding carboxylic acids is 4. The zero-order valence-electron chi connectivity index (χ0n) is 26.0. The van der Waals surface area contributed by atoms with E-state index in [1.165, 1.54) is 30.3 Å². The summed E-state index contributed by atoms with van der Waals surface area (Å²) in [6, 6.07) is 8.45. The molecule has 5 rings (SSSR count). The number of rotatable bonds is 9. The van der Waals surface area contributed by atoms with Crippen molar-refractivity contribution in [1.82, 2.24) is 0 Å². The molecular weight excluding hydrogens is 640 g/mol. The molecule has 0 bridgehead atoms. The number of hydrogen-bond acceptors (Lipinski definition) is 15. The van der Waals surface area contributed by atoms with Gasteiger partial charge in [-0.25, -0.2) is 4.79 Å². The largest absolute Gasteiger partial charge is 0.486 e. The Balaban J connectivity index is 1.55. The fraction of sp³-hybridized carbons (Fsp3) is 0.375. The topological polar surface area (TPSA) is 210 Å². The number of carbonyl (C=O) groups is 5. The molecule has 16 nitrogen and oxygen atoms in total. The van der Waals surface area contributed by atoms with E-state index < -0.39 is 78.3 Å². The van der Waals surface area contributed by atoms with Crippen molar-refractivity contribution in [3.63, 3.8) is 0 Å². The lowest BCUT2D eigenvalue weighted by molar-refractivity contribution is -0.288. The van der Waals surface area contributed by atoms with Crippen molar-refractivity contribution in [2.45, 2.75) is 58.4 Å². The van der Waals surface area contributed by atoms with Gasteiger partial charge in [0.2, 0.25) is 23.6 Å². The van der Waals surface area contributed by atoms with E-state index in [0.717, 1.165) is 27.7 Å². The van der Waals surface area contributed by atoms with E-state index in [1.54, 1.807) is 6.07 Å². The van der Waals surface area contributed by atoms with Crippen LogP contribution in [0.1, 0.15) is 38.2 Å². The molecule has 0 radical (unpaired) electrons. The number of aromatic carboxylic acids is 1. The molecule has 0 amide bonds. The first-order valence-electron chi connectivity index (χ1n) is 14.5. The van der Waals surface area contributed by atoms with Gasteiger partial charge in [0.05, 0.1) is 10.9 Å². The fourth-order valence-corrected chi connectivity index (χ4v) is 5.28. The van der Waals surface area contributed by atoms with Gasteiger partial charge in [-0.05, 0) is 29.8 Å². The van der Waals surface area contributed by atoms with Crippen LogP contribution in [0, 0.1) is 0 Å². The first-order valence-corrected chi connectivity index (χ1v) is 14.5. The molecule has 1 N–H and O–H groups in total. The van der Waals surface area contributed by atoms with Crippen LogP contribution >= 0.6 is 0 Å². The van der Waals surface area contributed by atoms with E-state index in [-0.39, 0.29) is 34.5 Å². The quantitative estimate of drug-likeness (QED) is 0.256. The Morgan fingerprint density at radius 2 is 1.44 bits per heavy atom. The van der Waals surface area contributed by atoms with Crippen LogP contribution in [-0.4, -0.2) is 85.5 Å². The van der Waals surface area contributed by atoms with Gasteiger partial charge < -0.3 is 47.4 Å². The van der Waals surface area contributed by atoms with E-state index in [4.69, 9.17) is 42.3 Å². The zero-order chi connectivity index (χ0) is 34.7. The van der Waals surface area contributed by atoms with Crippen LogP contribution in [0.5, 0.6) is 17.2 Å². The second kappa shape index (κ2) is 14.0. The van der Waals surface area contributed by atoms with Crippen LogP contribution in [0.4, 0.5) is 0 Å². The summed E-state index contributed by atoms with van der Waals surface area (Å²) in [6.45, 7) is 4.51. The van der Waals surface area contributed by atoms with E-state index in [1.807, 2.05) is 0 Å². The molecule has 0 unspecified atom stereocenters. The third kappa shape index (κ3) is 7.33. The Kier molecular flexibility index (Phi) is 9.84. The Morgan fingerprint density at radius 3 is 2.08 bits per heavy atom. The number of esters is 4. The summed E-state index contributed by atoms with van der Waals surface area (Å²) in [6.07, 6.45) is -7.27. The van der Waals surface area contributed by atoms with Crippen molar-refractivity contribution in [3.05, 3.63) is 52.4 Å². The van der Waals surface area contributed by atoms with E-state index in [2.05, 4.69) is 0 Å². The highest BCUT2D eigenvalue weighted by atomic mass is 16.7. The summed E-state index contributed by atoms with van der Waals surface area (Å²) in [5, 5.41) is 10.0. The van der Waals surface area contributed by atoms with Gasteiger partial charge in [0.15, 0.2) is 23.7 Å². The summed E-state index contributed by atoms with van der Waals surface area (Å²) < 4.78 is 50.0. The van der Waals surface area contributed by atoms with Crippen LogP contribution in [-0.2, 0) is 42.9 Å². The number of fused-ring (bicyclic) bond motifs is 2. The van der Waals surface area contributed by atoms with Gasteiger partial charge in [0, 0.05) is 33.8 Å². The van der Waals surface area contributed by atoms with Crippen molar-refractivity contribution < 1.29 is 71.4 Å². The second-order valence-electron chi connectivity index (χ2n) is 10.6. The van der Waals surface area contributed by atoms with Gasteiger partial charge in [0.1, 0.15) is 37.3 Å². The highest BCUT2D eigenvalue weighted by Crippen LogP contribution is 2.36. The highest BCUT2D eigenvalue weighted by Gasteiger charge is 2.53. The minimum absolute atomic E-state index is 0.00113. The Labute approximate surface area is 271 Å². The molecule has 16 heteroatoms. The van der Waals surface area contributed by atoms with Gasteiger partial charge in [-0.15, -0.1) is 0 Å². The average molecular weight is 671 g/mol. The molecule has 3 aromatic rings. The zero-order valence-corrected chi connectivity index (χ0v) is 26.0. The minimum atomic E-state index is -1.58. The van der Waals surface area contributed by atoms with Gasteiger partial charge in [-0.2, -0.15) is 0 Å². The molecule has 1 saturated heterocycles. The maximum Gasteiger partial charge on any atom is 0.372 e. The SMILES string of the molecule is CC(=O)OC[C@@H]1O[C@@H](Oc2ccc3c(=O)c(-c4ccc5c(c4)OCCO5)c(C(=O)O)oc3c2)[C@@H](OC(C)=O)[C@@H](OC(C)=O)[C@H]1OC(C)=O. The third-order valence-electron chi connectivity index (χ3n) is 7.09. The predicted molar refractivity (Wildman–Crippen MR) is 158 cm³/mol. The number of carboxylic acids is 1. The molecule has 0 spiro atoms. The van der Waals surface area contributed by atoms with Crippen LogP contribution in [0.2, 0.25) is 0 Å². The molecule has 0 aliphatic carbocycles. The van der Waals surface area contributed by atoms with Crippen LogP contribution in [0.15, 0.2) is 45.6 Å². The lowest BCUT2D eigenvalue weighted by Crippen LogP contribution is -2.63. The van der Waals surface area contributed by atoms with Crippen LogP contribution in [0.25, 0.3) is 22.1 Å². The van der Waals surface area contributed by atoms with E-state index >= 15 is 0 Å². The van der Waals surface area contributed by atoms with Crippen molar-refractivity contribution >= 4 is 40.8 Å². The minimum Gasteiger partial charge on any atom is -0.486 e. The lowest BCUT2D eigenvalue weighted by Gasteiger charge is -2.43. The number of ether oxygens (including phenoxy) is 8. The van der Waals surface area contributed by atoms with Crippen LogP contribution < -0.4 is 19.6 Å². The monoisotopic (exact) mass is 670 g/mol. The summed E-state index contributed by atoms with van der Waals surface area (Å²) in [4.78, 5) is 73.8. The predicted octanol–water partition coefficient (Wildman–Crippen LogP) is 2.39. The standard InChI is InChI=1S/C32H30O16/c1-14(33)42-13-24-27(43-15(2)34)29(44-16(3)35)30(45-17(4)36)32(48-24)46-19-6-7-20-22(12-19)47-28(31(38)39)25(26(20)37)18-5-8-21-23(11-18)41-10-9-40-21/h5-8,11-12,24,27,29-30,32H,9-10,13H2,1-4H3,(H,38,39)/t24-,27-,29-,30-,32+/m0/s1. The van der Waals surface area contributed by atoms with Crippen molar-refractivity contribution in [1.29, 1.82) is 0 Å². The van der Waals surface area contributed by atoms with Crippen molar-refractivity contribution in [3.8, 4) is 28.4 Å². The molecule has 0 saturated carbocycles. The molecule has 254 valence electrons. The molecule has 5 atom stereocenters. The van der Waals surface area contributed by atoms with Crippen LogP contribution in [0.3, 0.4) is 0 Å². The van der Waals surface area contributed by atoms with Gasteiger partial charge in [-0.3, -0.25) is 24.0 Å². The number of benzene rings is 2. The van der Waals surface area contributed by atoms with Gasteiger partial charge >= 0.3 is 29.8 Å². The highest BCUT2D eigenvalue weighted by molar-refractivity contribution is 5.97. The first kappa shape index (κ1) is 33.7. The Hall–Kier alpha value is -5.64. The van der Waals surface area contributed by atoms with E-state index in [9.17, 15) is 33.9 Å². The average Bonchev–Trinajstić information content (AvgIpc) is 3.01. The summed E-state index contributed by atoms with van der Waals surface area (Å²) in [5.41, 5.74) is -0.837. The Bertz CT molecular complexity index is 1830. The summed E-state index contributed by atoms with van der Waals surface area (Å²) in [5.74, 6) is -4.63. The molecule has 3 heterocycles. The van der Waals surface area contributed by atoms with Gasteiger partial charge in [-0.1, -0.05) is 6.07 Å². The van der Waals surface area contributed by atoms with Gasteiger partial charge in [0.25, 0.3) is 0 Å². The first-order chi connectivity index (χ1) is 22.8. The molecule has 48 heavy (non-hydrogen) atoms. The summed E-state index contributed by atoms with van der Waals surface area (Å²) in [7, 11) is 0. The second-order valence-corrected chi connectivity index (χ2v) is 10.6. The molecule has 1 fully saturated rings. The third-order valence-corrected chi connectivity index (χ3v) is 7.09. The van der Waals surface area contributed by atoms with Crippen molar-refractivity contribution in [2.75, 3.05) is 19.8 Å². The molecule has 2 aliphatic rings. The lowest BCUT2D eigenvalue weighted by atomic mass is 9.98. The maximum absolute atomic E-state index is 13.7. The molecule has 2 aliphatic heterocycles. The summed E-state index contributed by atoms with van der Waals surface area (Å²) >= 11 is 0. The normalized spacial score (nSPS) is 21.5. The molecular formula is C32H30O16. The van der Waals surface area contributed by atoms with E-state index in [0.29, 0.717) is 18.1 Å².